The summed E-state index contributed by atoms with van der Waals surface area (Å²) in [7, 11) is 0. The van der Waals surface area contributed by atoms with Crippen LogP contribution in [0.3, 0.4) is 0 Å². The predicted octanol–water partition coefficient (Wildman–Crippen LogP) is 0.828. The second-order valence-electron chi connectivity index (χ2n) is 4.52. The van der Waals surface area contributed by atoms with E-state index in [1.54, 1.807) is 0 Å². The minimum atomic E-state index is -0.0817. The number of allylic oxidation sites excluding steroid dienone is 5. The van der Waals surface area contributed by atoms with E-state index in [0.29, 0.717) is 11.8 Å². The van der Waals surface area contributed by atoms with Crippen LogP contribution >= 0.6 is 0 Å². The summed E-state index contributed by atoms with van der Waals surface area (Å²) in [5, 5.41) is 6.65. The summed E-state index contributed by atoms with van der Waals surface area (Å²) in [4.78, 5) is 0. The van der Waals surface area contributed by atoms with Gasteiger partial charge in [0.1, 0.15) is 6.29 Å². The Balaban J connectivity index is 1.98. The Morgan fingerprint density at radius 2 is 2.20 bits per heavy atom. The molecule has 1 heterocycles. The molecule has 3 unspecified atom stereocenters. The monoisotopic (exact) mass is 203 g/mol. The van der Waals surface area contributed by atoms with E-state index in [9.17, 15) is 0 Å². The van der Waals surface area contributed by atoms with Crippen LogP contribution in [-0.2, 0) is 0 Å². The van der Waals surface area contributed by atoms with Crippen LogP contribution in [0.1, 0.15) is 12.8 Å². The Morgan fingerprint density at radius 1 is 1.27 bits per heavy atom. The zero-order valence-corrected chi connectivity index (χ0v) is 8.74. The van der Waals surface area contributed by atoms with Gasteiger partial charge in [0.05, 0.1) is 0 Å². The second kappa shape index (κ2) is 3.51. The first-order valence-corrected chi connectivity index (χ1v) is 5.69. The summed E-state index contributed by atoms with van der Waals surface area (Å²) in [6.45, 7) is 1.01. The molecule has 2 aliphatic carbocycles. The van der Waals surface area contributed by atoms with Gasteiger partial charge < -0.3 is 5.32 Å². The molecule has 0 saturated carbocycles. The summed E-state index contributed by atoms with van der Waals surface area (Å²) in [6, 6.07) is 0. The van der Waals surface area contributed by atoms with Crippen LogP contribution < -0.4 is 16.4 Å². The maximum absolute atomic E-state index is 5.87. The maximum atomic E-state index is 5.87. The summed E-state index contributed by atoms with van der Waals surface area (Å²) in [6.07, 6.45) is 11.2. The predicted molar refractivity (Wildman–Crippen MR) is 60.6 cm³/mol. The van der Waals surface area contributed by atoms with Crippen molar-refractivity contribution in [1.82, 2.24) is 10.6 Å². The molecule has 0 aromatic rings. The van der Waals surface area contributed by atoms with E-state index in [2.05, 4.69) is 34.9 Å². The van der Waals surface area contributed by atoms with Crippen LogP contribution in [0.5, 0.6) is 0 Å². The van der Waals surface area contributed by atoms with E-state index in [1.165, 1.54) is 24.1 Å². The maximum Gasteiger partial charge on any atom is 0.129 e. The molecule has 0 amide bonds. The Kier molecular flexibility index (Phi) is 2.15. The summed E-state index contributed by atoms with van der Waals surface area (Å²) in [5.41, 5.74) is 8.69. The van der Waals surface area contributed by atoms with Crippen molar-refractivity contribution in [3.63, 3.8) is 0 Å². The topological polar surface area (TPSA) is 50.1 Å². The highest BCUT2D eigenvalue weighted by molar-refractivity contribution is 5.39. The molecule has 3 atom stereocenters. The summed E-state index contributed by atoms with van der Waals surface area (Å²) < 4.78 is 0. The highest BCUT2D eigenvalue weighted by Crippen LogP contribution is 2.36. The molecule has 0 bridgehead atoms. The molecule has 15 heavy (non-hydrogen) atoms. The minimum Gasteiger partial charge on any atom is -0.361 e. The summed E-state index contributed by atoms with van der Waals surface area (Å²) >= 11 is 0. The average molecular weight is 203 g/mol. The van der Waals surface area contributed by atoms with Crippen molar-refractivity contribution in [1.29, 1.82) is 0 Å². The SMILES string of the molecule is NC1NCC2CCC3C=CC=CC3=C2N1. The van der Waals surface area contributed by atoms with Crippen molar-refractivity contribution in [2.45, 2.75) is 19.1 Å². The van der Waals surface area contributed by atoms with Crippen molar-refractivity contribution in [3.05, 3.63) is 35.6 Å². The number of hydrogen-bond acceptors (Lipinski definition) is 3. The van der Waals surface area contributed by atoms with E-state index in [4.69, 9.17) is 5.73 Å². The molecule has 1 aliphatic heterocycles. The van der Waals surface area contributed by atoms with Gasteiger partial charge in [0.25, 0.3) is 0 Å². The molecular formula is C12H17N3. The van der Waals surface area contributed by atoms with Gasteiger partial charge in [0, 0.05) is 24.1 Å². The molecule has 4 N–H and O–H groups in total. The van der Waals surface area contributed by atoms with Gasteiger partial charge in [-0.3, -0.25) is 11.1 Å². The number of hydrogen-bond donors (Lipinski definition) is 3. The van der Waals surface area contributed by atoms with Crippen molar-refractivity contribution in [3.8, 4) is 0 Å². The number of nitrogens with two attached hydrogens (primary N) is 1. The molecule has 3 nitrogen and oxygen atoms in total. The van der Waals surface area contributed by atoms with E-state index in [-0.39, 0.29) is 6.29 Å². The van der Waals surface area contributed by atoms with Crippen LogP contribution in [0.4, 0.5) is 0 Å². The van der Waals surface area contributed by atoms with E-state index in [0.717, 1.165) is 6.54 Å². The third-order valence-electron chi connectivity index (χ3n) is 3.57. The van der Waals surface area contributed by atoms with Crippen LogP contribution in [0, 0.1) is 11.8 Å². The van der Waals surface area contributed by atoms with Crippen LogP contribution in [-0.4, -0.2) is 12.8 Å². The smallest absolute Gasteiger partial charge is 0.129 e. The molecule has 3 heteroatoms. The minimum absolute atomic E-state index is 0.0817. The third kappa shape index (κ3) is 1.52. The molecule has 1 saturated heterocycles. The fourth-order valence-corrected chi connectivity index (χ4v) is 2.78. The zero-order chi connectivity index (χ0) is 10.3. The molecule has 0 aromatic carbocycles. The normalized spacial score (nSPS) is 38.3. The fourth-order valence-electron chi connectivity index (χ4n) is 2.78. The van der Waals surface area contributed by atoms with E-state index in [1.807, 2.05) is 0 Å². The Bertz CT molecular complexity index is 354. The third-order valence-corrected chi connectivity index (χ3v) is 3.57. The number of rotatable bonds is 0. The van der Waals surface area contributed by atoms with Gasteiger partial charge in [-0.25, -0.2) is 0 Å². The largest absolute Gasteiger partial charge is 0.361 e. The Hall–Kier alpha value is -1.06. The first-order valence-electron chi connectivity index (χ1n) is 5.69. The van der Waals surface area contributed by atoms with Gasteiger partial charge in [-0.15, -0.1) is 0 Å². The standard InChI is InChI=1S/C12H17N3/c13-12-14-7-9-6-5-8-3-1-2-4-10(8)11(9)15-12/h1-4,8-9,12,14-15H,5-7,13H2. The van der Waals surface area contributed by atoms with Gasteiger partial charge >= 0.3 is 0 Å². The molecule has 3 rings (SSSR count). The zero-order valence-electron chi connectivity index (χ0n) is 8.74. The van der Waals surface area contributed by atoms with Crippen molar-refractivity contribution in [2.24, 2.45) is 17.6 Å². The first kappa shape index (κ1) is 9.19. The van der Waals surface area contributed by atoms with Crippen LogP contribution in [0.15, 0.2) is 35.6 Å². The fraction of sp³-hybridized carbons (Fsp3) is 0.500. The van der Waals surface area contributed by atoms with Crippen molar-refractivity contribution >= 4 is 0 Å². The molecular weight excluding hydrogens is 186 g/mol. The lowest BCUT2D eigenvalue weighted by Gasteiger charge is -2.39. The Morgan fingerprint density at radius 3 is 3.13 bits per heavy atom. The second-order valence-corrected chi connectivity index (χ2v) is 4.52. The lowest BCUT2D eigenvalue weighted by atomic mass is 9.77. The Labute approximate surface area is 90.1 Å². The van der Waals surface area contributed by atoms with Gasteiger partial charge in [0.15, 0.2) is 0 Å². The average Bonchev–Trinajstić information content (AvgIpc) is 2.29. The van der Waals surface area contributed by atoms with Gasteiger partial charge in [0.2, 0.25) is 0 Å². The van der Waals surface area contributed by atoms with Crippen LogP contribution in [0.25, 0.3) is 0 Å². The molecule has 0 radical (unpaired) electrons. The lowest BCUT2D eigenvalue weighted by Crippen LogP contribution is -2.57. The van der Waals surface area contributed by atoms with Gasteiger partial charge in [-0.2, -0.15) is 0 Å². The highest BCUT2D eigenvalue weighted by Gasteiger charge is 2.31. The molecule has 80 valence electrons. The molecule has 1 fully saturated rings. The molecule has 0 spiro atoms. The quantitative estimate of drug-likeness (QED) is 0.546. The van der Waals surface area contributed by atoms with Gasteiger partial charge in [-0.05, 0) is 18.4 Å². The molecule has 3 aliphatic rings. The van der Waals surface area contributed by atoms with Crippen molar-refractivity contribution < 1.29 is 0 Å². The number of fused-ring (bicyclic) bond motifs is 2. The highest BCUT2D eigenvalue weighted by atomic mass is 15.2. The van der Waals surface area contributed by atoms with Gasteiger partial charge in [-0.1, -0.05) is 24.3 Å². The first-order chi connectivity index (χ1) is 7.34. The number of nitrogens with one attached hydrogen (secondary N) is 2. The lowest BCUT2D eigenvalue weighted by molar-refractivity contribution is 0.309. The van der Waals surface area contributed by atoms with E-state index >= 15 is 0 Å². The molecule has 0 aromatic heterocycles. The van der Waals surface area contributed by atoms with Crippen LogP contribution in [0.2, 0.25) is 0 Å². The van der Waals surface area contributed by atoms with Crippen molar-refractivity contribution in [2.75, 3.05) is 6.54 Å². The van der Waals surface area contributed by atoms with E-state index < -0.39 is 0 Å². The summed E-state index contributed by atoms with van der Waals surface area (Å²) in [5.74, 6) is 1.24.